The molecule has 0 aliphatic heterocycles. The van der Waals surface area contributed by atoms with Gasteiger partial charge in [-0.3, -0.25) is 0 Å². The first-order chi connectivity index (χ1) is 19.0. The lowest BCUT2D eigenvalue weighted by Gasteiger charge is -2.21. The van der Waals surface area contributed by atoms with Crippen LogP contribution in [0.15, 0.2) is 127 Å². The van der Waals surface area contributed by atoms with E-state index in [1.165, 1.54) is 60.8 Å². The molecule has 0 atom stereocenters. The smallest absolute Gasteiger partial charge is 0.0413 e. The fourth-order valence-corrected chi connectivity index (χ4v) is 6.32. The van der Waals surface area contributed by atoms with Crippen LogP contribution in [0.2, 0.25) is 0 Å². The van der Waals surface area contributed by atoms with Gasteiger partial charge in [0, 0.05) is 16.8 Å². The van der Waals surface area contributed by atoms with Crippen molar-refractivity contribution < 1.29 is 0 Å². The quantitative estimate of drug-likeness (QED) is 0.253. The maximum absolute atomic E-state index is 3.61. The molecule has 0 saturated carbocycles. The van der Waals surface area contributed by atoms with E-state index in [1.54, 1.807) is 0 Å². The number of rotatable bonds is 4. The summed E-state index contributed by atoms with van der Waals surface area (Å²) >= 11 is 0. The van der Waals surface area contributed by atoms with E-state index in [2.05, 4.69) is 153 Å². The zero-order valence-electron chi connectivity index (χ0n) is 22.6. The summed E-state index contributed by atoms with van der Waals surface area (Å²) in [5.41, 5.74) is 14.0. The van der Waals surface area contributed by atoms with Crippen molar-refractivity contribution in [2.24, 2.45) is 0 Å². The summed E-state index contributed by atoms with van der Waals surface area (Å²) in [6.45, 7) is 6.81. The van der Waals surface area contributed by atoms with Gasteiger partial charge in [-0.2, -0.15) is 0 Å². The van der Waals surface area contributed by atoms with E-state index in [-0.39, 0.29) is 5.41 Å². The molecule has 6 aromatic carbocycles. The number of aryl methyl sites for hydroxylation is 1. The van der Waals surface area contributed by atoms with E-state index in [0.29, 0.717) is 0 Å². The van der Waals surface area contributed by atoms with Crippen molar-refractivity contribution in [3.8, 4) is 33.4 Å². The maximum Gasteiger partial charge on any atom is 0.0413 e. The summed E-state index contributed by atoms with van der Waals surface area (Å²) in [6, 6.07) is 46.4. The lowest BCUT2D eigenvalue weighted by atomic mass is 9.82. The molecule has 1 N–H and O–H groups in total. The lowest BCUT2D eigenvalue weighted by molar-refractivity contribution is 0.660. The van der Waals surface area contributed by atoms with Gasteiger partial charge in [0.2, 0.25) is 0 Å². The molecule has 7 rings (SSSR count). The number of hydrogen-bond acceptors (Lipinski definition) is 1. The number of anilines is 2. The summed E-state index contributed by atoms with van der Waals surface area (Å²) < 4.78 is 0. The number of fused-ring (bicyclic) bond motifs is 4. The second-order valence-corrected chi connectivity index (χ2v) is 11.2. The molecule has 6 aromatic rings. The monoisotopic (exact) mass is 501 g/mol. The Morgan fingerprint density at radius 2 is 1.13 bits per heavy atom. The number of nitrogens with one attached hydrogen (secondary N) is 1. The van der Waals surface area contributed by atoms with Gasteiger partial charge in [0.1, 0.15) is 0 Å². The maximum atomic E-state index is 3.61. The van der Waals surface area contributed by atoms with E-state index in [4.69, 9.17) is 0 Å². The van der Waals surface area contributed by atoms with Gasteiger partial charge in [0.25, 0.3) is 0 Å². The van der Waals surface area contributed by atoms with Gasteiger partial charge in [-0.05, 0) is 92.0 Å². The van der Waals surface area contributed by atoms with Crippen molar-refractivity contribution in [3.63, 3.8) is 0 Å². The summed E-state index contributed by atoms with van der Waals surface area (Å²) in [7, 11) is 0. The van der Waals surface area contributed by atoms with Crippen LogP contribution < -0.4 is 5.32 Å². The molecule has 0 unspecified atom stereocenters. The predicted molar refractivity (Wildman–Crippen MR) is 167 cm³/mol. The Morgan fingerprint density at radius 3 is 1.90 bits per heavy atom. The summed E-state index contributed by atoms with van der Waals surface area (Å²) in [6.07, 6.45) is 0. The molecule has 0 amide bonds. The molecule has 1 aliphatic rings. The van der Waals surface area contributed by atoms with Gasteiger partial charge in [0.15, 0.2) is 0 Å². The van der Waals surface area contributed by atoms with Crippen molar-refractivity contribution in [1.82, 2.24) is 0 Å². The van der Waals surface area contributed by atoms with Crippen LogP contribution in [0, 0.1) is 6.92 Å². The van der Waals surface area contributed by atoms with E-state index < -0.39 is 0 Å². The normalized spacial score (nSPS) is 13.2. The van der Waals surface area contributed by atoms with Gasteiger partial charge < -0.3 is 5.32 Å². The highest BCUT2D eigenvalue weighted by Gasteiger charge is 2.35. The zero-order chi connectivity index (χ0) is 26.6. The lowest BCUT2D eigenvalue weighted by Crippen LogP contribution is -2.14. The minimum absolute atomic E-state index is 0.0216. The molecular weight excluding hydrogens is 470 g/mol. The zero-order valence-corrected chi connectivity index (χ0v) is 22.6. The average Bonchev–Trinajstić information content (AvgIpc) is 3.20. The molecule has 0 bridgehead atoms. The summed E-state index contributed by atoms with van der Waals surface area (Å²) in [5.74, 6) is 0. The standard InChI is InChI=1S/C38H31N/c1-25-11-4-9-18-37(25)39-28-13-10-12-26(23-28)29-20-21-30(32-15-6-5-14-31(29)32)27-19-22-36-34(24-27)33-16-7-8-17-35(33)38(36,2)3/h4-24,39H,1-3H3. The highest BCUT2D eigenvalue weighted by Crippen LogP contribution is 2.50. The molecule has 1 aliphatic carbocycles. The first kappa shape index (κ1) is 23.5. The van der Waals surface area contributed by atoms with Crippen molar-refractivity contribution in [2.45, 2.75) is 26.2 Å². The first-order valence-electron chi connectivity index (χ1n) is 13.7. The molecule has 0 spiro atoms. The van der Waals surface area contributed by atoms with E-state index in [9.17, 15) is 0 Å². The van der Waals surface area contributed by atoms with Gasteiger partial charge in [0.05, 0.1) is 0 Å². The third kappa shape index (κ3) is 3.85. The van der Waals surface area contributed by atoms with E-state index in [0.717, 1.165) is 11.4 Å². The van der Waals surface area contributed by atoms with E-state index in [1.807, 2.05) is 0 Å². The van der Waals surface area contributed by atoms with Gasteiger partial charge in [-0.1, -0.05) is 117 Å². The SMILES string of the molecule is Cc1ccccc1Nc1cccc(-c2ccc(-c3ccc4c(c3)-c3ccccc3C4(C)C)c3ccccc23)c1. The Hall–Kier alpha value is -4.62. The fourth-order valence-electron chi connectivity index (χ4n) is 6.32. The Morgan fingerprint density at radius 1 is 0.487 bits per heavy atom. The molecule has 0 heterocycles. The van der Waals surface area contributed by atoms with Crippen LogP contribution >= 0.6 is 0 Å². The Bertz CT molecular complexity index is 1870. The van der Waals surface area contributed by atoms with Crippen LogP contribution in [0.1, 0.15) is 30.5 Å². The Kier molecular flexibility index (Phi) is 5.42. The molecule has 0 saturated heterocycles. The Balaban J connectivity index is 1.33. The minimum atomic E-state index is 0.0216. The number of hydrogen-bond donors (Lipinski definition) is 1. The molecule has 0 aromatic heterocycles. The molecule has 1 heteroatoms. The van der Waals surface area contributed by atoms with Crippen molar-refractivity contribution in [2.75, 3.05) is 5.32 Å². The molecule has 1 nitrogen and oxygen atoms in total. The topological polar surface area (TPSA) is 12.0 Å². The molecule has 0 radical (unpaired) electrons. The van der Waals surface area contributed by atoms with Gasteiger partial charge >= 0.3 is 0 Å². The fraction of sp³-hybridized carbons (Fsp3) is 0.105. The highest BCUT2D eigenvalue weighted by molar-refractivity contribution is 6.05. The minimum Gasteiger partial charge on any atom is -0.355 e. The van der Waals surface area contributed by atoms with Crippen molar-refractivity contribution in [1.29, 1.82) is 0 Å². The average molecular weight is 502 g/mol. The second-order valence-electron chi connectivity index (χ2n) is 11.2. The van der Waals surface area contributed by atoms with Crippen LogP contribution in [-0.2, 0) is 5.41 Å². The third-order valence-electron chi connectivity index (χ3n) is 8.42. The van der Waals surface area contributed by atoms with Crippen LogP contribution in [0.3, 0.4) is 0 Å². The van der Waals surface area contributed by atoms with Crippen LogP contribution in [0.4, 0.5) is 11.4 Å². The van der Waals surface area contributed by atoms with Gasteiger partial charge in [-0.25, -0.2) is 0 Å². The van der Waals surface area contributed by atoms with Crippen LogP contribution in [0.5, 0.6) is 0 Å². The van der Waals surface area contributed by atoms with Crippen molar-refractivity contribution >= 4 is 22.1 Å². The van der Waals surface area contributed by atoms with Gasteiger partial charge in [-0.15, -0.1) is 0 Å². The third-order valence-corrected chi connectivity index (χ3v) is 8.42. The Labute approximate surface area is 230 Å². The molecule has 188 valence electrons. The number of para-hydroxylation sites is 1. The predicted octanol–water partition coefficient (Wildman–Crippen LogP) is 10.5. The number of benzene rings is 6. The summed E-state index contributed by atoms with van der Waals surface area (Å²) in [4.78, 5) is 0. The second kappa shape index (κ2) is 8.99. The van der Waals surface area contributed by atoms with Crippen LogP contribution in [-0.4, -0.2) is 0 Å². The molecule has 39 heavy (non-hydrogen) atoms. The molecule has 0 fully saturated rings. The highest BCUT2D eigenvalue weighted by atomic mass is 14.9. The largest absolute Gasteiger partial charge is 0.355 e. The summed E-state index contributed by atoms with van der Waals surface area (Å²) in [5, 5.41) is 6.15. The van der Waals surface area contributed by atoms with Crippen LogP contribution in [0.25, 0.3) is 44.2 Å². The molecular formula is C38H31N. The first-order valence-corrected chi connectivity index (χ1v) is 13.7. The van der Waals surface area contributed by atoms with Crippen molar-refractivity contribution in [3.05, 3.63) is 144 Å². The van der Waals surface area contributed by atoms with E-state index >= 15 is 0 Å².